The van der Waals surface area contributed by atoms with Crippen LogP contribution in [0.4, 0.5) is 0 Å². The van der Waals surface area contributed by atoms with E-state index >= 15 is 0 Å². The van der Waals surface area contributed by atoms with Crippen LogP contribution >= 0.6 is 0 Å². The van der Waals surface area contributed by atoms with Crippen molar-refractivity contribution in [2.45, 2.75) is 70.7 Å². The van der Waals surface area contributed by atoms with Gasteiger partial charge in [-0.05, 0) is 40.0 Å². The average Bonchev–Trinajstić information content (AvgIpc) is 2.61. The molecule has 3 nitrogen and oxygen atoms in total. The summed E-state index contributed by atoms with van der Waals surface area (Å²) >= 11 is 0. The van der Waals surface area contributed by atoms with E-state index in [0.29, 0.717) is 18.2 Å². The zero-order valence-electron chi connectivity index (χ0n) is 11.8. The average molecular weight is 240 g/mol. The van der Waals surface area contributed by atoms with Crippen molar-refractivity contribution in [3.05, 3.63) is 0 Å². The number of ether oxygens (including phenoxy) is 1. The first kappa shape index (κ1) is 13.3. The van der Waals surface area contributed by atoms with Crippen LogP contribution in [0.1, 0.15) is 47.0 Å². The van der Waals surface area contributed by atoms with E-state index in [2.05, 4.69) is 37.9 Å². The molecule has 2 fully saturated rings. The van der Waals surface area contributed by atoms with Gasteiger partial charge in [0.25, 0.3) is 0 Å². The molecule has 3 unspecified atom stereocenters. The number of piperazine rings is 1. The van der Waals surface area contributed by atoms with E-state index in [1.807, 2.05) is 0 Å². The summed E-state index contributed by atoms with van der Waals surface area (Å²) in [6.07, 6.45) is 4.10. The van der Waals surface area contributed by atoms with Gasteiger partial charge in [-0.1, -0.05) is 6.92 Å². The highest BCUT2D eigenvalue weighted by atomic mass is 16.5. The third kappa shape index (κ3) is 3.43. The van der Waals surface area contributed by atoms with Gasteiger partial charge in [-0.15, -0.1) is 0 Å². The second kappa shape index (κ2) is 5.25. The number of nitrogens with one attached hydrogen (secondary N) is 1. The topological polar surface area (TPSA) is 24.5 Å². The normalized spacial score (nSPS) is 38.5. The minimum atomic E-state index is 0.103. The van der Waals surface area contributed by atoms with Crippen LogP contribution < -0.4 is 5.32 Å². The zero-order chi connectivity index (χ0) is 12.5. The molecule has 2 aliphatic rings. The quantitative estimate of drug-likeness (QED) is 0.817. The first-order valence-corrected chi connectivity index (χ1v) is 7.15. The molecule has 0 aliphatic carbocycles. The zero-order valence-corrected chi connectivity index (χ0v) is 11.8. The molecule has 0 saturated carbocycles. The summed E-state index contributed by atoms with van der Waals surface area (Å²) in [4.78, 5) is 2.61. The van der Waals surface area contributed by atoms with Crippen LogP contribution in [-0.2, 0) is 4.74 Å². The van der Waals surface area contributed by atoms with E-state index in [1.165, 1.54) is 25.8 Å². The number of hydrogen-bond donors (Lipinski definition) is 1. The van der Waals surface area contributed by atoms with E-state index in [-0.39, 0.29) is 5.60 Å². The van der Waals surface area contributed by atoms with Crippen molar-refractivity contribution in [3.8, 4) is 0 Å². The van der Waals surface area contributed by atoms with E-state index in [0.717, 1.165) is 13.1 Å². The van der Waals surface area contributed by atoms with E-state index in [9.17, 15) is 0 Å². The molecule has 1 N–H and O–H groups in total. The maximum absolute atomic E-state index is 6.11. The summed E-state index contributed by atoms with van der Waals surface area (Å²) < 4.78 is 6.11. The third-order valence-corrected chi connectivity index (χ3v) is 4.27. The van der Waals surface area contributed by atoms with Gasteiger partial charge in [-0.2, -0.15) is 0 Å². The Kier molecular flexibility index (Phi) is 4.11. The van der Waals surface area contributed by atoms with Crippen LogP contribution in [0.5, 0.6) is 0 Å². The Morgan fingerprint density at radius 1 is 1.41 bits per heavy atom. The van der Waals surface area contributed by atoms with Crippen LogP contribution in [0.2, 0.25) is 0 Å². The number of nitrogens with zero attached hydrogens (tertiary/aromatic N) is 1. The van der Waals surface area contributed by atoms with Gasteiger partial charge in [0.1, 0.15) is 0 Å². The molecule has 0 bridgehead atoms. The molecule has 0 spiro atoms. The predicted molar refractivity (Wildman–Crippen MR) is 71.3 cm³/mol. The molecule has 0 aromatic rings. The van der Waals surface area contributed by atoms with E-state index in [4.69, 9.17) is 4.74 Å². The molecule has 3 heteroatoms. The van der Waals surface area contributed by atoms with Crippen LogP contribution in [0, 0.1) is 0 Å². The molecule has 0 aromatic carbocycles. The van der Waals surface area contributed by atoms with Crippen molar-refractivity contribution in [2.75, 3.05) is 19.6 Å². The molecule has 100 valence electrons. The summed E-state index contributed by atoms with van der Waals surface area (Å²) in [6.45, 7) is 12.4. The molecule has 2 aliphatic heterocycles. The van der Waals surface area contributed by atoms with Crippen molar-refractivity contribution >= 4 is 0 Å². The first-order chi connectivity index (χ1) is 8.00. The monoisotopic (exact) mass is 240 g/mol. The van der Waals surface area contributed by atoms with Crippen LogP contribution in [0.15, 0.2) is 0 Å². The molecule has 0 aromatic heterocycles. The van der Waals surface area contributed by atoms with Crippen LogP contribution in [-0.4, -0.2) is 48.3 Å². The SMILES string of the molecule is CCC1CN(CC2CCC(C)(C)O2)C(C)CN1. The molecular formula is C14H28N2O. The Balaban J connectivity index is 1.85. The summed E-state index contributed by atoms with van der Waals surface area (Å²) in [6, 6.07) is 1.31. The molecule has 2 heterocycles. The summed E-state index contributed by atoms with van der Waals surface area (Å²) in [5, 5.41) is 3.61. The van der Waals surface area contributed by atoms with Gasteiger partial charge in [0.15, 0.2) is 0 Å². The minimum absolute atomic E-state index is 0.103. The number of hydrogen-bond acceptors (Lipinski definition) is 3. The second-order valence-corrected chi connectivity index (χ2v) is 6.35. The van der Waals surface area contributed by atoms with Gasteiger partial charge in [0.05, 0.1) is 11.7 Å². The Labute approximate surface area is 106 Å². The van der Waals surface area contributed by atoms with Gasteiger partial charge >= 0.3 is 0 Å². The summed E-state index contributed by atoms with van der Waals surface area (Å²) in [5.41, 5.74) is 0.103. The van der Waals surface area contributed by atoms with Crippen molar-refractivity contribution < 1.29 is 4.74 Å². The van der Waals surface area contributed by atoms with Gasteiger partial charge in [-0.25, -0.2) is 0 Å². The van der Waals surface area contributed by atoms with Crippen molar-refractivity contribution in [1.29, 1.82) is 0 Å². The molecule has 2 saturated heterocycles. The minimum Gasteiger partial charge on any atom is -0.371 e. The number of rotatable bonds is 3. The predicted octanol–water partition coefficient (Wildman–Crippen LogP) is 2.02. The Morgan fingerprint density at radius 3 is 2.76 bits per heavy atom. The van der Waals surface area contributed by atoms with Gasteiger partial charge in [0.2, 0.25) is 0 Å². The van der Waals surface area contributed by atoms with E-state index < -0.39 is 0 Å². The fraction of sp³-hybridized carbons (Fsp3) is 1.00. The Bertz CT molecular complexity index is 255. The standard InChI is InChI=1S/C14H28N2O/c1-5-12-9-16(11(2)8-15-12)10-13-6-7-14(3,4)17-13/h11-13,15H,5-10H2,1-4H3. The fourth-order valence-electron chi connectivity index (χ4n) is 2.99. The molecule has 3 atom stereocenters. The van der Waals surface area contributed by atoms with Crippen molar-refractivity contribution in [3.63, 3.8) is 0 Å². The summed E-state index contributed by atoms with van der Waals surface area (Å²) in [5.74, 6) is 0. The highest BCUT2D eigenvalue weighted by Gasteiger charge is 2.34. The lowest BCUT2D eigenvalue weighted by Gasteiger charge is -2.39. The molecule has 17 heavy (non-hydrogen) atoms. The smallest absolute Gasteiger partial charge is 0.0710 e. The van der Waals surface area contributed by atoms with Crippen molar-refractivity contribution in [1.82, 2.24) is 10.2 Å². The second-order valence-electron chi connectivity index (χ2n) is 6.35. The van der Waals surface area contributed by atoms with Gasteiger partial charge in [0, 0.05) is 31.7 Å². The molecule has 0 amide bonds. The molecular weight excluding hydrogens is 212 g/mol. The lowest BCUT2D eigenvalue weighted by molar-refractivity contribution is -0.0372. The fourth-order valence-corrected chi connectivity index (χ4v) is 2.99. The third-order valence-electron chi connectivity index (χ3n) is 4.27. The Hall–Kier alpha value is -0.120. The highest BCUT2D eigenvalue weighted by molar-refractivity contribution is 4.88. The summed E-state index contributed by atoms with van der Waals surface area (Å²) in [7, 11) is 0. The molecule has 0 radical (unpaired) electrons. The lowest BCUT2D eigenvalue weighted by Crippen LogP contribution is -2.56. The maximum Gasteiger partial charge on any atom is 0.0710 e. The lowest BCUT2D eigenvalue weighted by atomic mass is 10.0. The van der Waals surface area contributed by atoms with Gasteiger partial charge in [-0.3, -0.25) is 4.90 Å². The van der Waals surface area contributed by atoms with E-state index in [1.54, 1.807) is 0 Å². The highest BCUT2D eigenvalue weighted by Crippen LogP contribution is 2.30. The maximum atomic E-state index is 6.11. The van der Waals surface area contributed by atoms with Crippen LogP contribution in [0.3, 0.4) is 0 Å². The van der Waals surface area contributed by atoms with Crippen molar-refractivity contribution in [2.24, 2.45) is 0 Å². The molecule has 2 rings (SSSR count). The first-order valence-electron chi connectivity index (χ1n) is 7.15. The largest absolute Gasteiger partial charge is 0.371 e. The van der Waals surface area contributed by atoms with Crippen LogP contribution in [0.25, 0.3) is 0 Å². The Morgan fingerprint density at radius 2 is 2.18 bits per heavy atom. The van der Waals surface area contributed by atoms with Gasteiger partial charge < -0.3 is 10.1 Å².